The lowest BCUT2D eigenvalue weighted by Crippen LogP contribution is -2.22. The van der Waals surface area contributed by atoms with Gasteiger partial charge in [-0.25, -0.2) is 8.42 Å². The SMILES string of the molecule is Cc1ccc(S(=O)(=O)C(=CC(C)(C)C)NC=O)cc1. The van der Waals surface area contributed by atoms with E-state index < -0.39 is 9.84 Å². The van der Waals surface area contributed by atoms with Crippen LogP contribution in [0.5, 0.6) is 0 Å². The van der Waals surface area contributed by atoms with Crippen molar-refractivity contribution < 1.29 is 13.2 Å². The Morgan fingerprint density at radius 2 is 1.68 bits per heavy atom. The third kappa shape index (κ3) is 4.21. The van der Waals surface area contributed by atoms with E-state index in [1.165, 1.54) is 18.2 Å². The molecule has 1 aromatic rings. The van der Waals surface area contributed by atoms with Gasteiger partial charge in [0.2, 0.25) is 16.2 Å². The molecule has 104 valence electrons. The molecule has 0 aliphatic carbocycles. The first-order valence-electron chi connectivity index (χ1n) is 5.91. The molecule has 19 heavy (non-hydrogen) atoms. The van der Waals surface area contributed by atoms with E-state index in [1.807, 2.05) is 27.7 Å². The first kappa shape index (κ1) is 15.4. The number of sulfone groups is 1. The lowest BCUT2D eigenvalue weighted by molar-refractivity contribution is -0.108. The Balaban J connectivity index is 3.32. The van der Waals surface area contributed by atoms with Gasteiger partial charge in [0.15, 0.2) is 0 Å². The number of hydrogen-bond acceptors (Lipinski definition) is 3. The number of nitrogens with one attached hydrogen (secondary N) is 1. The van der Waals surface area contributed by atoms with Gasteiger partial charge in [-0.3, -0.25) is 4.79 Å². The molecule has 0 saturated carbocycles. The zero-order valence-corrected chi connectivity index (χ0v) is 12.4. The van der Waals surface area contributed by atoms with Gasteiger partial charge in [0.25, 0.3) is 0 Å². The Morgan fingerprint density at radius 3 is 2.11 bits per heavy atom. The fraction of sp³-hybridized carbons (Fsp3) is 0.357. The van der Waals surface area contributed by atoms with Gasteiger partial charge in [-0.2, -0.15) is 0 Å². The third-order valence-electron chi connectivity index (χ3n) is 2.39. The van der Waals surface area contributed by atoms with Crippen LogP contribution in [0.2, 0.25) is 0 Å². The summed E-state index contributed by atoms with van der Waals surface area (Å²) < 4.78 is 24.8. The average Bonchev–Trinajstić information content (AvgIpc) is 2.27. The number of hydrogen-bond donors (Lipinski definition) is 1. The number of aryl methyl sites for hydroxylation is 1. The van der Waals surface area contributed by atoms with Gasteiger partial charge < -0.3 is 5.32 Å². The summed E-state index contributed by atoms with van der Waals surface area (Å²) in [6.45, 7) is 7.48. The number of benzene rings is 1. The van der Waals surface area contributed by atoms with Crippen LogP contribution < -0.4 is 5.32 Å². The lowest BCUT2D eigenvalue weighted by Gasteiger charge is -2.16. The zero-order valence-electron chi connectivity index (χ0n) is 11.6. The van der Waals surface area contributed by atoms with E-state index in [-0.39, 0.29) is 15.3 Å². The standard InChI is InChI=1S/C14H19NO3S/c1-11-5-7-12(8-6-11)19(17,18)13(15-10-16)9-14(2,3)4/h5-10H,1-4H3,(H,15,16). The Hall–Kier alpha value is -1.62. The van der Waals surface area contributed by atoms with Gasteiger partial charge in [-0.1, -0.05) is 38.5 Å². The van der Waals surface area contributed by atoms with Crippen molar-refractivity contribution in [2.75, 3.05) is 0 Å². The van der Waals surface area contributed by atoms with Crippen LogP contribution in [0.3, 0.4) is 0 Å². The highest BCUT2D eigenvalue weighted by atomic mass is 32.2. The topological polar surface area (TPSA) is 63.2 Å². The number of carbonyl (C=O) groups excluding carboxylic acids is 1. The smallest absolute Gasteiger partial charge is 0.221 e. The first-order chi connectivity index (χ1) is 8.66. The molecule has 4 nitrogen and oxygen atoms in total. The van der Waals surface area contributed by atoms with E-state index in [0.717, 1.165) is 5.56 Å². The quantitative estimate of drug-likeness (QED) is 0.862. The molecule has 0 bridgehead atoms. The van der Waals surface area contributed by atoms with E-state index >= 15 is 0 Å². The summed E-state index contributed by atoms with van der Waals surface area (Å²) in [5.41, 5.74) is 0.618. The minimum Gasteiger partial charge on any atom is -0.319 e. The monoisotopic (exact) mass is 281 g/mol. The molecule has 1 aromatic carbocycles. The molecule has 0 aliphatic rings. The van der Waals surface area contributed by atoms with E-state index in [2.05, 4.69) is 5.32 Å². The maximum absolute atomic E-state index is 12.4. The highest BCUT2D eigenvalue weighted by molar-refractivity contribution is 7.95. The van der Waals surface area contributed by atoms with Crippen molar-refractivity contribution in [3.05, 3.63) is 40.9 Å². The van der Waals surface area contributed by atoms with Crippen molar-refractivity contribution >= 4 is 16.2 Å². The summed E-state index contributed by atoms with van der Waals surface area (Å²) in [6, 6.07) is 6.52. The van der Waals surface area contributed by atoms with Crippen LogP contribution in [-0.2, 0) is 14.6 Å². The largest absolute Gasteiger partial charge is 0.319 e. The number of rotatable bonds is 4. The maximum Gasteiger partial charge on any atom is 0.221 e. The molecule has 0 unspecified atom stereocenters. The van der Waals surface area contributed by atoms with Gasteiger partial charge in [-0.05, 0) is 30.5 Å². The van der Waals surface area contributed by atoms with E-state index in [1.54, 1.807) is 12.1 Å². The van der Waals surface area contributed by atoms with E-state index in [0.29, 0.717) is 6.41 Å². The molecular weight excluding hydrogens is 262 g/mol. The highest BCUT2D eigenvalue weighted by Gasteiger charge is 2.22. The molecule has 0 fully saturated rings. The molecule has 1 amide bonds. The summed E-state index contributed by atoms with van der Waals surface area (Å²) in [5.74, 6) is 0. The molecule has 0 heterocycles. The molecule has 0 spiro atoms. The fourth-order valence-corrected chi connectivity index (χ4v) is 2.95. The average molecular weight is 281 g/mol. The van der Waals surface area contributed by atoms with Crippen molar-refractivity contribution in [2.24, 2.45) is 5.41 Å². The van der Waals surface area contributed by atoms with Gasteiger partial charge in [-0.15, -0.1) is 0 Å². The van der Waals surface area contributed by atoms with Crippen LogP contribution in [-0.4, -0.2) is 14.8 Å². The minimum absolute atomic E-state index is 0.0844. The van der Waals surface area contributed by atoms with Crippen LogP contribution in [0.1, 0.15) is 26.3 Å². The molecule has 0 radical (unpaired) electrons. The Bertz CT molecular complexity index is 578. The molecule has 0 aromatic heterocycles. The molecule has 5 heteroatoms. The van der Waals surface area contributed by atoms with Crippen molar-refractivity contribution in [2.45, 2.75) is 32.6 Å². The summed E-state index contributed by atoms with van der Waals surface area (Å²) in [7, 11) is -3.69. The van der Waals surface area contributed by atoms with Crippen molar-refractivity contribution in [1.82, 2.24) is 5.32 Å². The highest BCUT2D eigenvalue weighted by Crippen LogP contribution is 2.23. The normalized spacial score (nSPS) is 13.2. The van der Waals surface area contributed by atoms with Crippen LogP contribution in [0.4, 0.5) is 0 Å². The third-order valence-corrected chi connectivity index (χ3v) is 4.09. The van der Waals surface area contributed by atoms with Gasteiger partial charge in [0.1, 0.15) is 5.03 Å². The van der Waals surface area contributed by atoms with Crippen LogP contribution in [0.25, 0.3) is 0 Å². The van der Waals surface area contributed by atoms with Gasteiger partial charge in [0, 0.05) is 0 Å². The zero-order chi connectivity index (χ0) is 14.7. The second-order valence-electron chi connectivity index (χ2n) is 5.45. The van der Waals surface area contributed by atoms with Crippen molar-refractivity contribution in [3.63, 3.8) is 0 Å². The predicted octanol–water partition coefficient (Wildman–Crippen LogP) is 2.40. The van der Waals surface area contributed by atoms with Crippen LogP contribution in [0, 0.1) is 12.3 Å². The summed E-state index contributed by atoms with van der Waals surface area (Å²) in [6.07, 6.45) is 1.92. The molecule has 1 N–H and O–H groups in total. The minimum atomic E-state index is -3.69. The molecule has 0 atom stereocenters. The van der Waals surface area contributed by atoms with Crippen LogP contribution >= 0.6 is 0 Å². The maximum atomic E-state index is 12.4. The second-order valence-corrected chi connectivity index (χ2v) is 7.37. The van der Waals surface area contributed by atoms with Gasteiger partial charge in [0.05, 0.1) is 4.90 Å². The Kier molecular flexibility index (Phi) is 4.52. The fourth-order valence-electron chi connectivity index (χ4n) is 1.49. The molecule has 1 rings (SSSR count). The summed E-state index contributed by atoms with van der Waals surface area (Å²) in [4.78, 5) is 10.8. The molecule has 0 saturated heterocycles. The number of allylic oxidation sites excluding steroid dienone is 1. The predicted molar refractivity (Wildman–Crippen MR) is 75.1 cm³/mol. The summed E-state index contributed by atoms with van der Waals surface area (Å²) in [5, 5.41) is 2.20. The Morgan fingerprint density at radius 1 is 1.16 bits per heavy atom. The Labute approximate surface area is 114 Å². The van der Waals surface area contributed by atoms with E-state index in [4.69, 9.17) is 0 Å². The van der Waals surface area contributed by atoms with Crippen molar-refractivity contribution in [1.29, 1.82) is 0 Å². The van der Waals surface area contributed by atoms with Crippen LogP contribution in [0.15, 0.2) is 40.3 Å². The second kappa shape index (κ2) is 5.57. The number of carbonyl (C=O) groups is 1. The first-order valence-corrected chi connectivity index (χ1v) is 7.40. The van der Waals surface area contributed by atoms with Gasteiger partial charge >= 0.3 is 0 Å². The number of amides is 1. The molecule has 0 aliphatic heterocycles. The summed E-state index contributed by atoms with van der Waals surface area (Å²) >= 11 is 0. The lowest BCUT2D eigenvalue weighted by atomic mass is 9.97. The van der Waals surface area contributed by atoms with E-state index in [9.17, 15) is 13.2 Å². The van der Waals surface area contributed by atoms with Crippen molar-refractivity contribution in [3.8, 4) is 0 Å². The molecular formula is C14H19NO3S.